The molecular weight excluding hydrogens is 378 g/mol. The monoisotopic (exact) mass is 397 g/mol. The summed E-state index contributed by atoms with van der Waals surface area (Å²) >= 11 is 0. The molecule has 4 rings (SSSR count). The van der Waals surface area contributed by atoms with E-state index in [9.17, 15) is 9.59 Å². The Morgan fingerprint density at radius 2 is 1.53 bits per heavy atom. The van der Waals surface area contributed by atoms with Crippen LogP contribution in [0.25, 0.3) is 17.1 Å². The van der Waals surface area contributed by atoms with Gasteiger partial charge in [0, 0.05) is 23.9 Å². The third kappa shape index (κ3) is 3.95. The number of amides is 2. The predicted molar refractivity (Wildman–Crippen MR) is 115 cm³/mol. The summed E-state index contributed by atoms with van der Waals surface area (Å²) < 4.78 is 1.64. The van der Waals surface area contributed by atoms with E-state index in [4.69, 9.17) is 0 Å². The van der Waals surface area contributed by atoms with E-state index < -0.39 is 5.91 Å². The molecule has 0 aliphatic rings. The quantitative estimate of drug-likeness (QED) is 0.539. The number of nitrogens with zero attached hydrogens (tertiary/aromatic N) is 3. The molecular formula is C23H19N5O2. The Morgan fingerprint density at radius 3 is 2.23 bits per heavy atom. The minimum absolute atomic E-state index is 0.0306. The maximum absolute atomic E-state index is 12.8. The molecule has 1 heterocycles. The van der Waals surface area contributed by atoms with Crippen LogP contribution in [0.1, 0.15) is 21.0 Å². The number of para-hydroxylation sites is 1. The molecule has 0 atom stereocenters. The van der Waals surface area contributed by atoms with Crippen LogP contribution in [0.5, 0.6) is 0 Å². The molecule has 0 fully saturated rings. The summed E-state index contributed by atoms with van der Waals surface area (Å²) in [6.07, 6.45) is 0. The van der Waals surface area contributed by atoms with Gasteiger partial charge in [0.25, 0.3) is 11.8 Å². The van der Waals surface area contributed by atoms with Gasteiger partial charge in [0.2, 0.25) is 5.82 Å². The third-order valence-electron chi connectivity index (χ3n) is 4.45. The van der Waals surface area contributed by atoms with Crippen LogP contribution in [-0.4, -0.2) is 33.6 Å². The van der Waals surface area contributed by atoms with Gasteiger partial charge in [-0.15, -0.1) is 5.10 Å². The van der Waals surface area contributed by atoms with Crippen LogP contribution in [-0.2, 0) is 0 Å². The standard InChI is InChI=1S/C23H19N5O2/c1-24-22(29)17-11-8-12-18(15-17)25-23(30)20-26-21(16-9-4-2-5-10-16)28(27-20)19-13-6-3-7-14-19/h2-15H,1H3,(H,24,29)(H,25,30). The smallest absolute Gasteiger partial charge is 0.295 e. The fourth-order valence-corrected chi connectivity index (χ4v) is 3.00. The molecule has 30 heavy (non-hydrogen) atoms. The van der Waals surface area contributed by atoms with Crippen LogP contribution in [0.15, 0.2) is 84.9 Å². The molecule has 0 aliphatic carbocycles. The van der Waals surface area contributed by atoms with E-state index in [2.05, 4.69) is 20.7 Å². The minimum Gasteiger partial charge on any atom is -0.355 e. The molecule has 0 radical (unpaired) electrons. The fraction of sp³-hybridized carbons (Fsp3) is 0.0435. The molecule has 1 aromatic heterocycles. The summed E-state index contributed by atoms with van der Waals surface area (Å²) in [5.41, 5.74) is 2.57. The molecule has 2 amide bonds. The summed E-state index contributed by atoms with van der Waals surface area (Å²) in [5, 5.41) is 9.77. The van der Waals surface area contributed by atoms with E-state index in [-0.39, 0.29) is 11.7 Å². The van der Waals surface area contributed by atoms with E-state index >= 15 is 0 Å². The van der Waals surface area contributed by atoms with Crippen molar-refractivity contribution in [2.75, 3.05) is 12.4 Å². The Hall–Kier alpha value is -4.26. The molecule has 0 unspecified atom stereocenters. The van der Waals surface area contributed by atoms with Gasteiger partial charge in [-0.2, -0.15) is 0 Å². The lowest BCUT2D eigenvalue weighted by Crippen LogP contribution is -2.19. The summed E-state index contributed by atoms with van der Waals surface area (Å²) in [5.74, 6) is -0.103. The first kappa shape index (κ1) is 19.1. The second kappa shape index (κ2) is 8.40. The number of anilines is 1. The van der Waals surface area contributed by atoms with Crippen molar-refractivity contribution in [3.8, 4) is 17.1 Å². The topological polar surface area (TPSA) is 88.9 Å². The Labute approximate surface area is 173 Å². The summed E-state index contributed by atoms with van der Waals surface area (Å²) in [6.45, 7) is 0. The summed E-state index contributed by atoms with van der Waals surface area (Å²) in [6, 6.07) is 25.7. The van der Waals surface area contributed by atoms with Crippen molar-refractivity contribution >= 4 is 17.5 Å². The second-order valence-corrected chi connectivity index (χ2v) is 6.49. The normalized spacial score (nSPS) is 10.4. The Kier molecular flexibility index (Phi) is 5.34. The van der Waals surface area contributed by atoms with Gasteiger partial charge in [-0.05, 0) is 30.3 Å². The first-order valence-electron chi connectivity index (χ1n) is 9.37. The zero-order valence-electron chi connectivity index (χ0n) is 16.2. The van der Waals surface area contributed by atoms with Crippen molar-refractivity contribution in [3.05, 3.63) is 96.3 Å². The number of carbonyl (C=O) groups excluding carboxylic acids is 2. The number of hydrogen-bond acceptors (Lipinski definition) is 4. The van der Waals surface area contributed by atoms with Crippen LogP contribution in [0.2, 0.25) is 0 Å². The second-order valence-electron chi connectivity index (χ2n) is 6.49. The van der Waals surface area contributed by atoms with Crippen LogP contribution < -0.4 is 10.6 Å². The molecule has 0 bridgehead atoms. The zero-order chi connectivity index (χ0) is 20.9. The largest absolute Gasteiger partial charge is 0.355 e. The SMILES string of the molecule is CNC(=O)c1cccc(NC(=O)c2nc(-c3ccccc3)n(-c3ccccc3)n2)c1. The average molecular weight is 397 g/mol. The van der Waals surface area contributed by atoms with Gasteiger partial charge < -0.3 is 10.6 Å². The Balaban J connectivity index is 1.69. The maximum atomic E-state index is 12.8. The molecule has 7 heteroatoms. The molecule has 4 aromatic rings. The van der Waals surface area contributed by atoms with Crippen molar-refractivity contribution in [1.29, 1.82) is 0 Å². The van der Waals surface area contributed by atoms with Gasteiger partial charge >= 0.3 is 0 Å². The van der Waals surface area contributed by atoms with Crippen molar-refractivity contribution in [2.24, 2.45) is 0 Å². The number of carbonyl (C=O) groups is 2. The summed E-state index contributed by atoms with van der Waals surface area (Å²) in [7, 11) is 1.55. The fourth-order valence-electron chi connectivity index (χ4n) is 3.00. The maximum Gasteiger partial charge on any atom is 0.295 e. The van der Waals surface area contributed by atoms with Gasteiger partial charge in [0.1, 0.15) is 0 Å². The Morgan fingerprint density at radius 1 is 0.833 bits per heavy atom. The average Bonchev–Trinajstić information content (AvgIpc) is 3.26. The highest BCUT2D eigenvalue weighted by Crippen LogP contribution is 2.21. The van der Waals surface area contributed by atoms with E-state index in [0.717, 1.165) is 11.3 Å². The summed E-state index contributed by atoms with van der Waals surface area (Å²) in [4.78, 5) is 29.2. The molecule has 3 aromatic carbocycles. The molecule has 0 spiro atoms. The number of benzene rings is 3. The van der Waals surface area contributed by atoms with Crippen molar-refractivity contribution in [3.63, 3.8) is 0 Å². The Bertz CT molecular complexity index is 1130. The molecule has 7 nitrogen and oxygen atoms in total. The van der Waals surface area contributed by atoms with Gasteiger partial charge in [-0.25, -0.2) is 9.67 Å². The van der Waals surface area contributed by atoms with E-state index in [1.807, 2.05) is 60.7 Å². The van der Waals surface area contributed by atoms with Crippen molar-refractivity contribution in [2.45, 2.75) is 0 Å². The van der Waals surface area contributed by atoms with Gasteiger partial charge in [-0.1, -0.05) is 54.6 Å². The lowest BCUT2D eigenvalue weighted by Gasteiger charge is -2.05. The van der Waals surface area contributed by atoms with Crippen LogP contribution in [0.3, 0.4) is 0 Å². The van der Waals surface area contributed by atoms with E-state index in [1.54, 1.807) is 36.0 Å². The first-order chi connectivity index (χ1) is 14.7. The number of hydrogen-bond donors (Lipinski definition) is 2. The lowest BCUT2D eigenvalue weighted by molar-refractivity contribution is 0.0961. The molecule has 0 saturated heterocycles. The molecule has 0 saturated carbocycles. The zero-order valence-corrected chi connectivity index (χ0v) is 16.2. The molecule has 0 aliphatic heterocycles. The van der Waals surface area contributed by atoms with E-state index in [1.165, 1.54) is 0 Å². The number of nitrogens with one attached hydrogen (secondary N) is 2. The highest BCUT2D eigenvalue weighted by Gasteiger charge is 2.19. The lowest BCUT2D eigenvalue weighted by atomic mass is 10.2. The molecule has 148 valence electrons. The third-order valence-corrected chi connectivity index (χ3v) is 4.45. The minimum atomic E-state index is -0.462. The van der Waals surface area contributed by atoms with Crippen molar-refractivity contribution in [1.82, 2.24) is 20.1 Å². The predicted octanol–water partition coefficient (Wildman–Crippen LogP) is 3.55. The van der Waals surface area contributed by atoms with Gasteiger partial charge in [-0.3, -0.25) is 9.59 Å². The number of rotatable bonds is 5. The van der Waals surface area contributed by atoms with E-state index in [0.29, 0.717) is 17.1 Å². The first-order valence-corrected chi connectivity index (χ1v) is 9.37. The van der Waals surface area contributed by atoms with Gasteiger partial charge in [0.05, 0.1) is 5.69 Å². The van der Waals surface area contributed by atoms with Crippen molar-refractivity contribution < 1.29 is 9.59 Å². The van der Waals surface area contributed by atoms with Crippen LogP contribution in [0.4, 0.5) is 5.69 Å². The number of aromatic nitrogens is 3. The highest BCUT2D eigenvalue weighted by molar-refractivity contribution is 6.03. The van der Waals surface area contributed by atoms with Gasteiger partial charge in [0.15, 0.2) is 5.82 Å². The van der Waals surface area contributed by atoms with Crippen LogP contribution >= 0.6 is 0 Å². The molecule has 2 N–H and O–H groups in total. The highest BCUT2D eigenvalue weighted by atomic mass is 16.2. The van der Waals surface area contributed by atoms with Crippen LogP contribution in [0, 0.1) is 0 Å².